The Morgan fingerprint density at radius 2 is 1.13 bits per heavy atom. The van der Waals surface area contributed by atoms with E-state index in [1.54, 1.807) is 0 Å². The van der Waals surface area contributed by atoms with Crippen molar-refractivity contribution in [3.05, 3.63) is 35.9 Å². The molecule has 2 aliphatic heterocycles. The monoisotopic (exact) mass is 430 g/mol. The first kappa shape index (κ1) is 24.2. The van der Waals surface area contributed by atoms with E-state index in [0.717, 1.165) is 25.7 Å². The van der Waals surface area contributed by atoms with Gasteiger partial charge in [-0.15, -0.1) is 0 Å². The number of carbonyl (C=O) groups excluding carboxylic acids is 1. The molecule has 31 heavy (non-hydrogen) atoms. The van der Waals surface area contributed by atoms with Crippen LogP contribution in [0.5, 0.6) is 0 Å². The van der Waals surface area contributed by atoms with Crippen molar-refractivity contribution >= 4 is 5.97 Å². The van der Waals surface area contributed by atoms with E-state index in [4.69, 9.17) is 9.47 Å². The second-order valence-corrected chi connectivity index (χ2v) is 11.9. The Balaban J connectivity index is 1.87. The first-order valence-electron chi connectivity index (χ1n) is 11.6. The molecule has 5 nitrogen and oxygen atoms in total. The number of hydrogen-bond acceptors (Lipinski definition) is 5. The van der Waals surface area contributed by atoms with Crippen LogP contribution in [-0.4, -0.2) is 57.5 Å². The van der Waals surface area contributed by atoms with Crippen LogP contribution < -0.4 is 0 Å². The number of carbonyl (C=O) groups is 1. The fourth-order valence-electron chi connectivity index (χ4n) is 6.48. The van der Waals surface area contributed by atoms with Crippen molar-refractivity contribution in [1.29, 1.82) is 0 Å². The summed E-state index contributed by atoms with van der Waals surface area (Å²) in [7, 11) is 1.83. The fourth-order valence-corrected chi connectivity index (χ4v) is 6.48. The highest BCUT2D eigenvalue weighted by Crippen LogP contribution is 2.49. The molecular weight excluding hydrogens is 388 g/mol. The predicted molar refractivity (Wildman–Crippen MR) is 125 cm³/mol. The third kappa shape index (κ3) is 4.84. The van der Waals surface area contributed by atoms with Crippen LogP contribution in [-0.2, 0) is 9.47 Å². The molecule has 0 atom stereocenters. The maximum absolute atomic E-state index is 12.7. The van der Waals surface area contributed by atoms with Crippen LogP contribution in [0.15, 0.2) is 30.3 Å². The number of methoxy groups -OCH3 is 1. The first-order chi connectivity index (χ1) is 14.2. The van der Waals surface area contributed by atoms with E-state index in [1.807, 2.05) is 37.4 Å². The van der Waals surface area contributed by atoms with E-state index in [9.17, 15) is 4.79 Å². The van der Waals surface area contributed by atoms with Gasteiger partial charge >= 0.3 is 5.97 Å². The van der Waals surface area contributed by atoms with Crippen molar-refractivity contribution in [2.45, 2.75) is 115 Å². The molecular formula is C26H42N2O3. The third-order valence-electron chi connectivity index (χ3n) is 7.02. The van der Waals surface area contributed by atoms with Crippen LogP contribution in [0.25, 0.3) is 0 Å². The zero-order valence-corrected chi connectivity index (χ0v) is 21.0. The number of benzene rings is 1. The van der Waals surface area contributed by atoms with Crippen LogP contribution in [0.2, 0.25) is 0 Å². The highest BCUT2D eigenvalue weighted by atomic mass is 16.5. The highest BCUT2D eigenvalue weighted by Gasteiger charge is 2.57. The molecule has 2 aliphatic rings. The molecule has 0 unspecified atom stereocenters. The van der Waals surface area contributed by atoms with Crippen LogP contribution in [0.3, 0.4) is 0 Å². The zero-order chi connectivity index (χ0) is 23.2. The minimum Gasteiger partial charge on any atom is -0.459 e. The molecule has 2 heterocycles. The van der Waals surface area contributed by atoms with E-state index in [0.29, 0.717) is 5.56 Å². The lowest BCUT2D eigenvalue weighted by Gasteiger charge is -2.67. The summed E-state index contributed by atoms with van der Waals surface area (Å²) in [6.45, 7) is 18.4. The van der Waals surface area contributed by atoms with Gasteiger partial charge in [-0.1, -0.05) is 18.2 Å². The normalized spacial score (nSPS) is 26.5. The van der Waals surface area contributed by atoms with Crippen molar-refractivity contribution in [3.63, 3.8) is 0 Å². The number of hydrogen-bond donors (Lipinski definition) is 0. The van der Waals surface area contributed by atoms with Crippen LogP contribution in [0, 0.1) is 0 Å². The molecule has 0 aliphatic carbocycles. The van der Waals surface area contributed by atoms with E-state index in [1.165, 1.54) is 0 Å². The molecule has 0 saturated carbocycles. The van der Waals surface area contributed by atoms with Gasteiger partial charge in [0.2, 0.25) is 0 Å². The van der Waals surface area contributed by atoms with Crippen molar-refractivity contribution < 1.29 is 14.3 Å². The van der Waals surface area contributed by atoms with Gasteiger partial charge in [-0.25, -0.2) is 14.8 Å². The lowest BCUT2D eigenvalue weighted by molar-refractivity contribution is -0.291. The van der Waals surface area contributed by atoms with E-state index < -0.39 is 0 Å². The molecule has 0 radical (unpaired) electrons. The molecule has 0 spiro atoms. The molecule has 3 rings (SSSR count). The maximum atomic E-state index is 12.7. The number of hydrazine groups is 1. The van der Waals surface area contributed by atoms with Crippen molar-refractivity contribution in [1.82, 2.24) is 10.0 Å². The molecule has 1 aromatic rings. The second kappa shape index (κ2) is 8.17. The van der Waals surface area contributed by atoms with Gasteiger partial charge in [0.15, 0.2) is 0 Å². The smallest absolute Gasteiger partial charge is 0.338 e. The summed E-state index contributed by atoms with van der Waals surface area (Å²) in [5.41, 5.74) is 0.175. The third-order valence-corrected chi connectivity index (χ3v) is 7.02. The fraction of sp³-hybridized carbons (Fsp3) is 0.731. The summed E-state index contributed by atoms with van der Waals surface area (Å²) in [5, 5.41) is 5.21. The molecule has 2 fully saturated rings. The van der Waals surface area contributed by atoms with E-state index >= 15 is 0 Å². The van der Waals surface area contributed by atoms with E-state index in [2.05, 4.69) is 65.4 Å². The number of ether oxygens (including phenoxy) is 2. The quantitative estimate of drug-likeness (QED) is 0.594. The molecule has 0 amide bonds. The summed E-state index contributed by atoms with van der Waals surface area (Å²) in [5.74, 6) is -0.229. The van der Waals surface area contributed by atoms with Gasteiger partial charge in [0.05, 0.1) is 11.7 Å². The molecule has 5 heteroatoms. The number of nitrogens with zero attached hydrogens (tertiary/aromatic N) is 2. The summed E-state index contributed by atoms with van der Waals surface area (Å²) >= 11 is 0. The second-order valence-electron chi connectivity index (χ2n) is 11.9. The van der Waals surface area contributed by atoms with Crippen LogP contribution >= 0.6 is 0 Å². The average Bonchev–Trinajstić information content (AvgIpc) is 2.62. The molecule has 0 bridgehead atoms. The summed E-state index contributed by atoms with van der Waals surface area (Å²) in [6, 6.07) is 9.30. The Hall–Kier alpha value is -1.43. The Kier molecular flexibility index (Phi) is 6.38. The average molecular weight is 431 g/mol. The minimum absolute atomic E-state index is 0.0511. The molecule has 0 N–H and O–H groups in total. The molecule has 0 aromatic heterocycles. The van der Waals surface area contributed by atoms with Crippen molar-refractivity contribution in [2.75, 3.05) is 7.11 Å². The summed E-state index contributed by atoms with van der Waals surface area (Å²) in [4.78, 5) is 12.7. The Morgan fingerprint density at radius 1 is 0.742 bits per heavy atom. The Bertz CT molecular complexity index is 749. The zero-order valence-electron chi connectivity index (χ0n) is 21.0. The largest absolute Gasteiger partial charge is 0.459 e. The standard InChI is InChI=1S/C26H42N2O3/c1-23(2)15-20(30-9)16-24(3,4)27(23)28-25(5,6)17-21(18-26(28,7)8)31-22(29)19-13-11-10-12-14-19/h10-14,20-21H,15-18H2,1-9H3. The van der Waals surface area contributed by atoms with Gasteiger partial charge < -0.3 is 9.47 Å². The van der Waals surface area contributed by atoms with Crippen molar-refractivity contribution in [2.24, 2.45) is 0 Å². The SMILES string of the molecule is COC1CC(C)(C)N(N2C(C)(C)CC(OC(=O)c3ccccc3)CC2(C)C)C(C)(C)C1. The topological polar surface area (TPSA) is 42.0 Å². The van der Waals surface area contributed by atoms with Gasteiger partial charge in [-0.3, -0.25) is 0 Å². The molecule has 174 valence electrons. The number of esters is 1. The predicted octanol–water partition coefficient (Wildman–Crippen LogP) is 5.45. The summed E-state index contributed by atoms with van der Waals surface area (Å²) < 4.78 is 11.8. The van der Waals surface area contributed by atoms with Crippen LogP contribution in [0.1, 0.15) is 91.4 Å². The number of rotatable bonds is 4. The van der Waals surface area contributed by atoms with Gasteiger partial charge in [0.1, 0.15) is 6.10 Å². The highest BCUT2D eigenvalue weighted by molar-refractivity contribution is 5.89. The molecule has 1 aromatic carbocycles. The lowest BCUT2D eigenvalue weighted by atomic mass is 9.75. The van der Waals surface area contributed by atoms with Gasteiger partial charge in [-0.05, 0) is 80.4 Å². The summed E-state index contributed by atoms with van der Waals surface area (Å²) in [6.07, 6.45) is 3.72. The Morgan fingerprint density at radius 3 is 1.52 bits per heavy atom. The maximum Gasteiger partial charge on any atom is 0.338 e. The van der Waals surface area contributed by atoms with E-state index in [-0.39, 0.29) is 40.3 Å². The van der Waals surface area contributed by atoms with Crippen LogP contribution in [0.4, 0.5) is 0 Å². The molecule has 2 saturated heterocycles. The Labute approximate surface area is 189 Å². The first-order valence-corrected chi connectivity index (χ1v) is 11.6. The van der Waals surface area contributed by atoms with Gasteiger partial charge in [0, 0.05) is 42.1 Å². The van der Waals surface area contributed by atoms with Gasteiger partial charge in [0.25, 0.3) is 0 Å². The van der Waals surface area contributed by atoms with Gasteiger partial charge in [-0.2, -0.15) is 0 Å². The number of piperidine rings is 2. The van der Waals surface area contributed by atoms with Crippen molar-refractivity contribution in [3.8, 4) is 0 Å². The lowest BCUT2D eigenvalue weighted by Crippen LogP contribution is -2.77. The minimum atomic E-state index is -0.229.